The molecule has 2 atom stereocenters. The van der Waals surface area contributed by atoms with Crippen LogP contribution in [0.25, 0.3) is 0 Å². The van der Waals surface area contributed by atoms with Gasteiger partial charge in [-0.25, -0.2) is 0 Å². The van der Waals surface area contributed by atoms with Gasteiger partial charge in [0.1, 0.15) is 0 Å². The molecular weight excluding hydrogens is 200 g/mol. The first-order chi connectivity index (χ1) is 7.29. The highest BCUT2D eigenvalue weighted by atomic mass is 16.2. The van der Waals surface area contributed by atoms with E-state index < -0.39 is 0 Å². The Morgan fingerprint density at radius 2 is 2.12 bits per heavy atom. The summed E-state index contributed by atoms with van der Waals surface area (Å²) in [5.41, 5.74) is 5.98. The molecule has 16 heavy (non-hydrogen) atoms. The SMILES string of the molecule is CC(N)CC(=O)N1CCCC1CC(C)(C)C. The second-order valence-corrected chi connectivity index (χ2v) is 6.33. The topological polar surface area (TPSA) is 46.3 Å². The van der Waals surface area contributed by atoms with Gasteiger partial charge in [-0.2, -0.15) is 0 Å². The molecule has 0 radical (unpaired) electrons. The van der Waals surface area contributed by atoms with E-state index in [-0.39, 0.29) is 11.9 Å². The number of amides is 1. The summed E-state index contributed by atoms with van der Waals surface area (Å²) in [4.78, 5) is 14.0. The van der Waals surface area contributed by atoms with Crippen molar-refractivity contribution in [2.45, 2.75) is 65.5 Å². The zero-order valence-electron chi connectivity index (χ0n) is 11.1. The van der Waals surface area contributed by atoms with Crippen molar-refractivity contribution in [2.75, 3.05) is 6.54 Å². The van der Waals surface area contributed by atoms with Crippen LogP contribution in [0.4, 0.5) is 0 Å². The van der Waals surface area contributed by atoms with Crippen molar-refractivity contribution in [3.8, 4) is 0 Å². The first-order valence-corrected chi connectivity index (χ1v) is 6.34. The fourth-order valence-corrected chi connectivity index (χ4v) is 2.48. The van der Waals surface area contributed by atoms with Crippen LogP contribution in [0.1, 0.15) is 53.4 Å². The van der Waals surface area contributed by atoms with E-state index in [0.717, 1.165) is 25.8 Å². The van der Waals surface area contributed by atoms with Crippen LogP contribution < -0.4 is 5.73 Å². The molecule has 0 aromatic heterocycles. The summed E-state index contributed by atoms with van der Waals surface area (Å²) in [6.45, 7) is 9.53. The third-order valence-electron chi connectivity index (χ3n) is 3.04. The van der Waals surface area contributed by atoms with Gasteiger partial charge in [0, 0.05) is 25.0 Å². The van der Waals surface area contributed by atoms with Crippen LogP contribution >= 0.6 is 0 Å². The molecule has 1 rings (SSSR count). The van der Waals surface area contributed by atoms with E-state index in [1.54, 1.807) is 0 Å². The molecule has 1 aliphatic heterocycles. The second-order valence-electron chi connectivity index (χ2n) is 6.33. The van der Waals surface area contributed by atoms with Gasteiger partial charge in [0.25, 0.3) is 0 Å². The molecule has 1 heterocycles. The van der Waals surface area contributed by atoms with E-state index in [9.17, 15) is 4.79 Å². The highest BCUT2D eigenvalue weighted by Gasteiger charge is 2.31. The summed E-state index contributed by atoms with van der Waals surface area (Å²) in [7, 11) is 0. The van der Waals surface area contributed by atoms with Gasteiger partial charge in [0.2, 0.25) is 5.91 Å². The van der Waals surface area contributed by atoms with E-state index in [2.05, 4.69) is 25.7 Å². The van der Waals surface area contributed by atoms with E-state index in [1.165, 1.54) is 0 Å². The second kappa shape index (κ2) is 5.17. The van der Waals surface area contributed by atoms with Gasteiger partial charge in [-0.1, -0.05) is 20.8 Å². The Hall–Kier alpha value is -0.570. The molecule has 0 spiro atoms. The lowest BCUT2D eigenvalue weighted by atomic mass is 9.87. The van der Waals surface area contributed by atoms with Crippen molar-refractivity contribution in [1.82, 2.24) is 4.90 Å². The van der Waals surface area contributed by atoms with Gasteiger partial charge >= 0.3 is 0 Å². The van der Waals surface area contributed by atoms with Crippen molar-refractivity contribution < 1.29 is 4.79 Å². The minimum absolute atomic E-state index is 0.0246. The smallest absolute Gasteiger partial charge is 0.224 e. The first kappa shape index (κ1) is 13.5. The Morgan fingerprint density at radius 1 is 1.50 bits per heavy atom. The van der Waals surface area contributed by atoms with E-state index in [0.29, 0.717) is 17.9 Å². The number of hydrogen-bond acceptors (Lipinski definition) is 2. The molecule has 1 fully saturated rings. The Kier molecular flexibility index (Phi) is 4.36. The predicted molar refractivity (Wildman–Crippen MR) is 67.1 cm³/mol. The zero-order chi connectivity index (χ0) is 12.3. The summed E-state index contributed by atoms with van der Waals surface area (Å²) in [6, 6.07) is 0.412. The highest BCUT2D eigenvalue weighted by Crippen LogP contribution is 2.30. The van der Waals surface area contributed by atoms with Crippen LogP contribution in [-0.4, -0.2) is 29.4 Å². The van der Waals surface area contributed by atoms with Crippen molar-refractivity contribution in [3.05, 3.63) is 0 Å². The minimum Gasteiger partial charge on any atom is -0.340 e. The van der Waals surface area contributed by atoms with E-state index in [4.69, 9.17) is 5.73 Å². The molecule has 3 nitrogen and oxygen atoms in total. The monoisotopic (exact) mass is 226 g/mol. The molecule has 0 bridgehead atoms. The first-order valence-electron chi connectivity index (χ1n) is 6.34. The largest absolute Gasteiger partial charge is 0.340 e. The maximum atomic E-state index is 12.0. The standard InChI is InChI=1S/C13H26N2O/c1-10(14)8-12(16)15-7-5-6-11(15)9-13(2,3)4/h10-11H,5-9,14H2,1-4H3. The Labute approximate surface area is 99.4 Å². The Balaban J connectivity index is 2.55. The van der Waals surface area contributed by atoms with Crippen LogP contribution in [0.15, 0.2) is 0 Å². The number of nitrogens with zero attached hydrogens (tertiary/aromatic N) is 1. The third kappa shape index (κ3) is 4.12. The van der Waals surface area contributed by atoms with E-state index >= 15 is 0 Å². The number of carbonyl (C=O) groups is 1. The number of nitrogens with two attached hydrogens (primary N) is 1. The molecule has 2 unspecified atom stereocenters. The molecule has 3 heteroatoms. The summed E-state index contributed by atoms with van der Waals surface area (Å²) in [6.07, 6.45) is 3.88. The summed E-state index contributed by atoms with van der Waals surface area (Å²) in [5, 5.41) is 0. The van der Waals surface area contributed by atoms with Crippen LogP contribution in [0.2, 0.25) is 0 Å². The molecule has 94 valence electrons. The lowest BCUT2D eigenvalue weighted by molar-refractivity contribution is -0.132. The van der Waals surface area contributed by atoms with Gasteiger partial charge in [-0.3, -0.25) is 4.79 Å². The Bertz CT molecular complexity index is 243. The zero-order valence-corrected chi connectivity index (χ0v) is 11.1. The van der Waals surface area contributed by atoms with Crippen molar-refractivity contribution in [3.63, 3.8) is 0 Å². The van der Waals surface area contributed by atoms with Crippen LogP contribution in [0.5, 0.6) is 0 Å². The van der Waals surface area contributed by atoms with Gasteiger partial charge in [0.15, 0.2) is 0 Å². The number of carbonyl (C=O) groups excluding carboxylic acids is 1. The average molecular weight is 226 g/mol. The fourth-order valence-electron chi connectivity index (χ4n) is 2.48. The molecule has 0 saturated carbocycles. The molecular formula is C13H26N2O. The van der Waals surface area contributed by atoms with Crippen molar-refractivity contribution >= 4 is 5.91 Å². The third-order valence-corrected chi connectivity index (χ3v) is 3.04. The van der Waals surface area contributed by atoms with Crippen LogP contribution in [0.3, 0.4) is 0 Å². The fraction of sp³-hybridized carbons (Fsp3) is 0.923. The van der Waals surface area contributed by atoms with Crippen molar-refractivity contribution in [1.29, 1.82) is 0 Å². The molecule has 0 aromatic carbocycles. The maximum Gasteiger partial charge on any atom is 0.224 e. The Morgan fingerprint density at radius 3 is 2.62 bits per heavy atom. The van der Waals surface area contributed by atoms with Crippen LogP contribution in [0, 0.1) is 5.41 Å². The molecule has 1 amide bonds. The quantitative estimate of drug-likeness (QED) is 0.801. The lowest BCUT2D eigenvalue weighted by Crippen LogP contribution is -2.39. The van der Waals surface area contributed by atoms with Gasteiger partial charge in [0.05, 0.1) is 0 Å². The summed E-state index contributed by atoms with van der Waals surface area (Å²) in [5.74, 6) is 0.238. The van der Waals surface area contributed by atoms with E-state index in [1.807, 2.05) is 6.92 Å². The number of rotatable bonds is 3. The molecule has 2 N–H and O–H groups in total. The van der Waals surface area contributed by atoms with Gasteiger partial charge in [-0.05, 0) is 31.6 Å². The maximum absolute atomic E-state index is 12.0. The molecule has 1 saturated heterocycles. The van der Waals surface area contributed by atoms with Gasteiger partial charge < -0.3 is 10.6 Å². The highest BCUT2D eigenvalue weighted by molar-refractivity contribution is 5.77. The lowest BCUT2D eigenvalue weighted by Gasteiger charge is -2.30. The van der Waals surface area contributed by atoms with Crippen LogP contribution in [-0.2, 0) is 4.79 Å². The average Bonchev–Trinajstić information content (AvgIpc) is 2.47. The van der Waals surface area contributed by atoms with Crippen molar-refractivity contribution in [2.24, 2.45) is 11.1 Å². The predicted octanol–water partition coefficient (Wildman–Crippen LogP) is 2.15. The minimum atomic E-state index is -0.0246. The summed E-state index contributed by atoms with van der Waals surface area (Å²) < 4.78 is 0. The normalized spacial score (nSPS) is 23.6. The molecule has 0 aromatic rings. The molecule has 0 aliphatic carbocycles. The molecule has 1 aliphatic rings. The summed E-state index contributed by atoms with van der Waals surface area (Å²) >= 11 is 0. The van der Waals surface area contributed by atoms with Gasteiger partial charge in [-0.15, -0.1) is 0 Å². The number of likely N-dealkylation sites (tertiary alicyclic amines) is 1. The number of hydrogen-bond donors (Lipinski definition) is 1.